The second-order valence-corrected chi connectivity index (χ2v) is 4.33. The zero-order chi connectivity index (χ0) is 13.5. The molecule has 0 amide bonds. The number of halogens is 3. The highest BCUT2D eigenvalue weighted by atomic mass is 19.4. The van der Waals surface area contributed by atoms with Gasteiger partial charge in [0.2, 0.25) is 0 Å². The molecular weight excluding hydrogens is 237 g/mol. The fraction of sp³-hybridized carbons (Fsp3) is 1.00. The van der Waals surface area contributed by atoms with Crippen molar-refractivity contribution in [3.05, 3.63) is 0 Å². The maximum atomic E-state index is 11.9. The second kappa shape index (κ2) is 7.89. The van der Waals surface area contributed by atoms with Crippen molar-refractivity contribution in [1.82, 2.24) is 0 Å². The minimum absolute atomic E-state index is 0.0938. The molecule has 0 aromatic heterocycles. The monoisotopic (exact) mass is 258 g/mol. The minimum Gasteiger partial charge on any atom is -0.396 e. The molecule has 0 aromatic carbocycles. The Balaban J connectivity index is 4.19. The maximum Gasteiger partial charge on any atom is 0.411 e. The van der Waals surface area contributed by atoms with Gasteiger partial charge in [-0.1, -0.05) is 13.3 Å². The smallest absolute Gasteiger partial charge is 0.396 e. The largest absolute Gasteiger partial charge is 0.411 e. The van der Waals surface area contributed by atoms with Crippen LogP contribution in [0.2, 0.25) is 0 Å². The zero-order valence-corrected chi connectivity index (χ0v) is 10.2. The standard InChI is InChI=1S/C11H21F3O3/c1-3-9(5-15)10(4-8(2)16)6-17-7-11(12,13)14/h8-10,15-16H,3-7H2,1-2H3. The summed E-state index contributed by atoms with van der Waals surface area (Å²) in [6.45, 7) is 1.93. The molecule has 0 fully saturated rings. The Morgan fingerprint density at radius 1 is 1.24 bits per heavy atom. The summed E-state index contributed by atoms with van der Waals surface area (Å²) in [5.74, 6) is -0.398. The minimum atomic E-state index is -4.34. The Bertz CT molecular complexity index is 191. The molecule has 6 heteroatoms. The molecule has 0 spiro atoms. The van der Waals surface area contributed by atoms with Crippen LogP contribution in [0.4, 0.5) is 13.2 Å². The van der Waals surface area contributed by atoms with Gasteiger partial charge in [-0.25, -0.2) is 0 Å². The van der Waals surface area contributed by atoms with Crippen molar-refractivity contribution in [2.45, 2.75) is 39.0 Å². The van der Waals surface area contributed by atoms with E-state index >= 15 is 0 Å². The summed E-state index contributed by atoms with van der Waals surface area (Å²) < 4.78 is 40.3. The molecular formula is C11H21F3O3. The second-order valence-electron chi connectivity index (χ2n) is 4.33. The zero-order valence-electron chi connectivity index (χ0n) is 10.2. The average molecular weight is 258 g/mol. The van der Waals surface area contributed by atoms with Gasteiger partial charge >= 0.3 is 6.18 Å². The van der Waals surface area contributed by atoms with E-state index in [0.717, 1.165) is 0 Å². The number of alkyl halides is 3. The van der Waals surface area contributed by atoms with Crippen LogP contribution in [-0.4, -0.2) is 42.3 Å². The average Bonchev–Trinajstić information content (AvgIpc) is 2.16. The molecule has 3 nitrogen and oxygen atoms in total. The van der Waals surface area contributed by atoms with E-state index in [-0.39, 0.29) is 25.0 Å². The molecule has 0 radical (unpaired) electrons. The van der Waals surface area contributed by atoms with Gasteiger partial charge < -0.3 is 14.9 Å². The van der Waals surface area contributed by atoms with Gasteiger partial charge in [0, 0.05) is 6.61 Å². The lowest BCUT2D eigenvalue weighted by Gasteiger charge is -2.25. The first-order valence-electron chi connectivity index (χ1n) is 5.73. The molecule has 0 saturated carbocycles. The molecule has 3 atom stereocenters. The Labute approximate surface area is 99.6 Å². The highest BCUT2D eigenvalue weighted by Crippen LogP contribution is 2.23. The highest BCUT2D eigenvalue weighted by Gasteiger charge is 2.29. The first-order chi connectivity index (χ1) is 7.80. The van der Waals surface area contributed by atoms with Crippen LogP contribution in [0.5, 0.6) is 0 Å². The van der Waals surface area contributed by atoms with Crippen LogP contribution < -0.4 is 0 Å². The molecule has 0 saturated heterocycles. The third-order valence-corrected chi connectivity index (χ3v) is 2.67. The lowest BCUT2D eigenvalue weighted by molar-refractivity contribution is -0.178. The lowest BCUT2D eigenvalue weighted by Crippen LogP contribution is -2.28. The Morgan fingerprint density at radius 3 is 2.18 bits per heavy atom. The molecule has 0 aliphatic heterocycles. The van der Waals surface area contributed by atoms with Gasteiger partial charge in [-0.3, -0.25) is 0 Å². The van der Waals surface area contributed by atoms with Crippen molar-refractivity contribution in [1.29, 1.82) is 0 Å². The van der Waals surface area contributed by atoms with Crippen LogP contribution in [0.25, 0.3) is 0 Å². The van der Waals surface area contributed by atoms with Gasteiger partial charge in [-0.15, -0.1) is 0 Å². The summed E-state index contributed by atoms with van der Waals surface area (Å²) in [7, 11) is 0. The van der Waals surface area contributed by atoms with Gasteiger partial charge in [0.25, 0.3) is 0 Å². The Kier molecular flexibility index (Phi) is 7.74. The van der Waals surface area contributed by atoms with E-state index in [1.807, 2.05) is 6.92 Å². The predicted molar refractivity (Wildman–Crippen MR) is 57.5 cm³/mol. The normalized spacial score (nSPS) is 17.8. The summed E-state index contributed by atoms with van der Waals surface area (Å²) in [6.07, 6.45) is -3.98. The van der Waals surface area contributed by atoms with Crippen LogP contribution in [-0.2, 0) is 4.74 Å². The molecule has 0 aromatic rings. The molecule has 2 N–H and O–H groups in total. The molecule has 0 aliphatic rings. The number of hydrogen-bond acceptors (Lipinski definition) is 3. The molecule has 104 valence electrons. The summed E-state index contributed by atoms with van der Waals surface area (Å²) in [5, 5.41) is 18.4. The van der Waals surface area contributed by atoms with E-state index in [9.17, 15) is 18.3 Å². The van der Waals surface area contributed by atoms with Gasteiger partial charge in [0.05, 0.1) is 12.7 Å². The molecule has 0 rings (SSSR count). The van der Waals surface area contributed by atoms with Crippen molar-refractivity contribution in [3.8, 4) is 0 Å². The maximum absolute atomic E-state index is 11.9. The molecule has 0 heterocycles. The fourth-order valence-electron chi connectivity index (χ4n) is 1.77. The van der Waals surface area contributed by atoms with Crippen LogP contribution in [0.3, 0.4) is 0 Å². The number of aliphatic hydroxyl groups excluding tert-OH is 2. The van der Waals surface area contributed by atoms with Crippen molar-refractivity contribution < 1.29 is 28.1 Å². The topological polar surface area (TPSA) is 49.7 Å². The van der Waals surface area contributed by atoms with Crippen molar-refractivity contribution in [3.63, 3.8) is 0 Å². The summed E-state index contributed by atoms with van der Waals surface area (Å²) in [5.41, 5.74) is 0. The SMILES string of the molecule is CCC(CO)C(COCC(F)(F)F)CC(C)O. The molecule has 0 aliphatic carbocycles. The first kappa shape index (κ1) is 16.7. The molecule has 17 heavy (non-hydrogen) atoms. The van der Waals surface area contributed by atoms with Crippen molar-refractivity contribution in [2.24, 2.45) is 11.8 Å². The predicted octanol–water partition coefficient (Wildman–Crippen LogP) is 1.97. The van der Waals surface area contributed by atoms with Crippen LogP contribution >= 0.6 is 0 Å². The van der Waals surface area contributed by atoms with Crippen LogP contribution in [0, 0.1) is 11.8 Å². The third kappa shape index (κ3) is 8.40. The van der Waals surface area contributed by atoms with Crippen molar-refractivity contribution in [2.75, 3.05) is 19.8 Å². The lowest BCUT2D eigenvalue weighted by atomic mass is 9.87. The van der Waals surface area contributed by atoms with E-state index in [4.69, 9.17) is 5.11 Å². The fourth-order valence-corrected chi connectivity index (χ4v) is 1.77. The Morgan fingerprint density at radius 2 is 1.82 bits per heavy atom. The summed E-state index contributed by atoms with van der Waals surface area (Å²) in [6, 6.07) is 0. The van der Waals surface area contributed by atoms with E-state index in [1.165, 1.54) is 0 Å². The van der Waals surface area contributed by atoms with Gasteiger partial charge in [0.1, 0.15) is 6.61 Å². The van der Waals surface area contributed by atoms with Crippen LogP contribution in [0.15, 0.2) is 0 Å². The van der Waals surface area contributed by atoms with E-state index in [2.05, 4.69) is 4.74 Å². The van der Waals surface area contributed by atoms with Crippen molar-refractivity contribution >= 4 is 0 Å². The van der Waals surface area contributed by atoms with E-state index in [0.29, 0.717) is 12.8 Å². The van der Waals surface area contributed by atoms with Crippen LogP contribution in [0.1, 0.15) is 26.7 Å². The van der Waals surface area contributed by atoms with E-state index in [1.54, 1.807) is 6.92 Å². The van der Waals surface area contributed by atoms with Gasteiger partial charge in [-0.2, -0.15) is 13.2 Å². The summed E-state index contributed by atoms with van der Waals surface area (Å²) >= 11 is 0. The molecule has 3 unspecified atom stereocenters. The number of ether oxygens (including phenoxy) is 1. The Hall–Kier alpha value is -0.330. The molecule has 0 bridgehead atoms. The highest BCUT2D eigenvalue weighted by molar-refractivity contribution is 4.71. The first-order valence-corrected chi connectivity index (χ1v) is 5.73. The third-order valence-electron chi connectivity index (χ3n) is 2.67. The quantitative estimate of drug-likeness (QED) is 0.700. The van der Waals surface area contributed by atoms with Gasteiger partial charge in [-0.05, 0) is 25.2 Å². The van der Waals surface area contributed by atoms with E-state index < -0.39 is 18.9 Å². The number of aliphatic hydroxyl groups is 2. The van der Waals surface area contributed by atoms with Gasteiger partial charge in [0.15, 0.2) is 0 Å². The number of rotatable bonds is 8. The summed E-state index contributed by atoms with van der Waals surface area (Å²) in [4.78, 5) is 0. The number of hydrogen-bond donors (Lipinski definition) is 2.